The quantitative estimate of drug-likeness (QED) is 0.736. The van der Waals surface area contributed by atoms with Gasteiger partial charge in [-0.15, -0.1) is 0 Å². The van der Waals surface area contributed by atoms with Gasteiger partial charge in [-0.1, -0.05) is 12.1 Å². The minimum Gasteiger partial charge on any atom is -0.506 e. The van der Waals surface area contributed by atoms with Gasteiger partial charge in [0.1, 0.15) is 17.1 Å². The molecule has 1 aromatic heterocycles. The number of aromatic hydroxyl groups is 1. The molecular formula is C20H20N2O3. The molecule has 0 radical (unpaired) electrons. The first-order chi connectivity index (χ1) is 12.1. The van der Waals surface area contributed by atoms with Gasteiger partial charge in [0, 0.05) is 11.9 Å². The largest absolute Gasteiger partial charge is 0.506 e. The number of aromatic nitrogens is 1. The highest BCUT2D eigenvalue weighted by atomic mass is 16.5. The topological polar surface area (TPSA) is 63.8 Å². The lowest BCUT2D eigenvalue weighted by atomic mass is 10.1. The number of hydrogen-bond acceptors (Lipinski definition) is 4. The molecule has 5 heteroatoms. The number of aliphatic imine (C=N–C) groups is 1. The normalized spacial score (nSPS) is 11.7. The summed E-state index contributed by atoms with van der Waals surface area (Å²) in [6.07, 6.45) is 0. The molecule has 0 atom stereocenters. The molecule has 0 bridgehead atoms. The van der Waals surface area contributed by atoms with Crippen molar-refractivity contribution in [1.82, 2.24) is 4.57 Å². The number of hydrogen-bond donors (Lipinski definition) is 1. The lowest BCUT2D eigenvalue weighted by molar-refractivity contribution is 0.415. The van der Waals surface area contributed by atoms with Crippen molar-refractivity contribution in [3.63, 3.8) is 0 Å². The van der Waals surface area contributed by atoms with Crippen molar-refractivity contribution in [2.75, 3.05) is 7.11 Å². The molecule has 128 valence electrons. The monoisotopic (exact) mass is 336 g/mol. The third kappa shape index (κ3) is 3.01. The number of aryl methyl sites for hydroxylation is 1. The number of methoxy groups -OCH3 is 1. The zero-order valence-corrected chi connectivity index (χ0v) is 14.5. The maximum Gasteiger partial charge on any atom is 0.263 e. The van der Waals surface area contributed by atoms with E-state index in [0.717, 1.165) is 5.75 Å². The second-order valence-corrected chi connectivity index (χ2v) is 5.69. The Morgan fingerprint density at radius 3 is 2.48 bits per heavy atom. The predicted octanol–water partition coefficient (Wildman–Crippen LogP) is 3.88. The molecule has 1 heterocycles. The van der Waals surface area contributed by atoms with E-state index in [1.807, 2.05) is 25.1 Å². The lowest BCUT2D eigenvalue weighted by Gasteiger charge is -2.13. The first-order valence-corrected chi connectivity index (χ1v) is 8.11. The smallest absolute Gasteiger partial charge is 0.263 e. The molecule has 0 saturated carbocycles. The van der Waals surface area contributed by atoms with Crippen LogP contribution in [0.2, 0.25) is 0 Å². The highest BCUT2D eigenvalue weighted by Crippen LogP contribution is 2.27. The van der Waals surface area contributed by atoms with E-state index in [4.69, 9.17) is 4.74 Å². The van der Waals surface area contributed by atoms with Crippen LogP contribution in [0.1, 0.15) is 19.4 Å². The van der Waals surface area contributed by atoms with Gasteiger partial charge >= 0.3 is 0 Å². The van der Waals surface area contributed by atoms with E-state index in [0.29, 0.717) is 28.8 Å². The Morgan fingerprint density at radius 1 is 1.16 bits per heavy atom. The molecule has 0 aliphatic rings. The van der Waals surface area contributed by atoms with Crippen LogP contribution < -0.4 is 10.3 Å². The molecule has 3 rings (SSSR count). The van der Waals surface area contributed by atoms with Crippen LogP contribution >= 0.6 is 0 Å². The van der Waals surface area contributed by atoms with Gasteiger partial charge in [-0.05, 0) is 50.2 Å². The first kappa shape index (κ1) is 16.8. The van der Waals surface area contributed by atoms with Crippen LogP contribution in [0, 0.1) is 0 Å². The summed E-state index contributed by atoms with van der Waals surface area (Å²) in [5.74, 6) is 0.707. The molecule has 0 spiro atoms. The van der Waals surface area contributed by atoms with Gasteiger partial charge in [0.05, 0.1) is 24.0 Å². The van der Waals surface area contributed by atoms with E-state index < -0.39 is 0 Å². The van der Waals surface area contributed by atoms with E-state index >= 15 is 0 Å². The highest BCUT2D eigenvalue weighted by molar-refractivity contribution is 6.06. The Kier molecular flexibility index (Phi) is 4.57. The fraction of sp³-hybridized carbons (Fsp3) is 0.200. The van der Waals surface area contributed by atoms with Crippen LogP contribution in [-0.2, 0) is 6.54 Å². The Morgan fingerprint density at radius 2 is 1.84 bits per heavy atom. The number of ether oxygens (including phenoxy) is 1. The molecular weight excluding hydrogens is 316 g/mol. The summed E-state index contributed by atoms with van der Waals surface area (Å²) < 4.78 is 6.78. The fourth-order valence-electron chi connectivity index (χ4n) is 2.94. The number of fused-ring (bicyclic) bond motifs is 1. The summed E-state index contributed by atoms with van der Waals surface area (Å²) >= 11 is 0. The summed E-state index contributed by atoms with van der Waals surface area (Å²) in [5, 5.41) is 11.3. The summed E-state index contributed by atoms with van der Waals surface area (Å²) in [6.45, 7) is 4.16. The van der Waals surface area contributed by atoms with Crippen LogP contribution in [0.5, 0.6) is 11.5 Å². The Balaban J connectivity index is 2.20. The predicted molar refractivity (Wildman–Crippen MR) is 100 cm³/mol. The van der Waals surface area contributed by atoms with E-state index in [9.17, 15) is 9.90 Å². The van der Waals surface area contributed by atoms with Crippen molar-refractivity contribution in [3.05, 3.63) is 64.4 Å². The van der Waals surface area contributed by atoms with Crippen molar-refractivity contribution in [2.45, 2.75) is 20.4 Å². The average Bonchev–Trinajstić information content (AvgIpc) is 2.63. The number of rotatable bonds is 4. The molecule has 0 unspecified atom stereocenters. The SMILES string of the molecule is CCn1c(=O)c(C(C)=Nc2ccc(OC)cc2)c(O)c2ccccc21. The third-order valence-electron chi connectivity index (χ3n) is 4.19. The van der Waals surface area contributed by atoms with Gasteiger partial charge in [0.2, 0.25) is 0 Å². The van der Waals surface area contributed by atoms with Gasteiger partial charge in [-0.25, -0.2) is 0 Å². The van der Waals surface area contributed by atoms with Crippen molar-refractivity contribution < 1.29 is 9.84 Å². The number of para-hydroxylation sites is 1. The van der Waals surface area contributed by atoms with Gasteiger partial charge in [0.15, 0.2) is 0 Å². The Hall–Kier alpha value is -3.08. The molecule has 25 heavy (non-hydrogen) atoms. The van der Waals surface area contributed by atoms with E-state index in [1.54, 1.807) is 48.9 Å². The zero-order valence-electron chi connectivity index (χ0n) is 14.5. The van der Waals surface area contributed by atoms with Crippen LogP contribution in [0.15, 0.2) is 58.3 Å². The van der Waals surface area contributed by atoms with Crippen molar-refractivity contribution in [3.8, 4) is 11.5 Å². The van der Waals surface area contributed by atoms with E-state index in [2.05, 4.69) is 4.99 Å². The number of pyridine rings is 1. The zero-order chi connectivity index (χ0) is 18.0. The Bertz CT molecular complexity index is 1000. The van der Waals surface area contributed by atoms with Gasteiger partial charge < -0.3 is 14.4 Å². The van der Waals surface area contributed by atoms with Gasteiger partial charge in [-0.3, -0.25) is 9.79 Å². The minimum absolute atomic E-state index is 0.0277. The molecule has 0 saturated heterocycles. The molecule has 5 nitrogen and oxygen atoms in total. The van der Waals surface area contributed by atoms with Crippen molar-refractivity contribution >= 4 is 22.3 Å². The van der Waals surface area contributed by atoms with Crippen molar-refractivity contribution in [1.29, 1.82) is 0 Å². The first-order valence-electron chi connectivity index (χ1n) is 8.11. The summed E-state index contributed by atoms with van der Waals surface area (Å²) in [5.41, 5.74) is 1.87. The molecule has 2 aromatic carbocycles. The molecule has 0 aliphatic carbocycles. The maximum atomic E-state index is 12.9. The molecule has 1 N–H and O–H groups in total. The standard InChI is InChI=1S/C20H20N2O3/c1-4-22-17-8-6-5-7-16(17)19(23)18(20(22)24)13(2)21-14-9-11-15(25-3)12-10-14/h5-12,23H,4H2,1-3H3. The molecule has 0 aliphatic heterocycles. The fourth-order valence-corrected chi connectivity index (χ4v) is 2.94. The van der Waals surface area contributed by atoms with Crippen LogP contribution in [-0.4, -0.2) is 22.5 Å². The molecule has 0 amide bonds. The minimum atomic E-state index is -0.242. The van der Waals surface area contributed by atoms with Crippen LogP contribution in [0.4, 0.5) is 5.69 Å². The Labute approximate surface area is 145 Å². The van der Waals surface area contributed by atoms with Gasteiger partial charge in [0.25, 0.3) is 5.56 Å². The average molecular weight is 336 g/mol. The second kappa shape index (κ2) is 6.81. The lowest BCUT2D eigenvalue weighted by Crippen LogP contribution is -2.25. The maximum absolute atomic E-state index is 12.9. The van der Waals surface area contributed by atoms with Crippen LogP contribution in [0.3, 0.4) is 0 Å². The highest BCUT2D eigenvalue weighted by Gasteiger charge is 2.17. The van der Waals surface area contributed by atoms with Gasteiger partial charge in [-0.2, -0.15) is 0 Å². The summed E-state index contributed by atoms with van der Waals surface area (Å²) in [6, 6.07) is 14.5. The van der Waals surface area contributed by atoms with Crippen LogP contribution in [0.25, 0.3) is 10.9 Å². The molecule has 0 fully saturated rings. The molecule has 3 aromatic rings. The third-order valence-corrected chi connectivity index (χ3v) is 4.19. The van der Waals surface area contributed by atoms with Crippen molar-refractivity contribution in [2.24, 2.45) is 4.99 Å². The number of benzene rings is 2. The summed E-state index contributed by atoms with van der Waals surface area (Å²) in [7, 11) is 1.60. The number of nitrogens with zero attached hydrogens (tertiary/aromatic N) is 2. The van der Waals surface area contributed by atoms with E-state index in [1.165, 1.54) is 0 Å². The second-order valence-electron chi connectivity index (χ2n) is 5.69. The van der Waals surface area contributed by atoms with E-state index in [-0.39, 0.29) is 16.9 Å². The summed E-state index contributed by atoms with van der Waals surface area (Å²) in [4.78, 5) is 17.4.